The van der Waals surface area contributed by atoms with Gasteiger partial charge in [0, 0.05) is 11.4 Å². The van der Waals surface area contributed by atoms with Gasteiger partial charge < -0.3 is 5.32 Å². The standard InChI is InChI=1S/C11H17BrFN3/c1-4-9-10(13)11(15-6-14-9)16-8(3)7(2)5-12/h6-8H,4-5H2,1-3H3,(H,14,15,16). The maximum Gasteiger partial charge on any atom is 0.186 e. The fourth-order valence-electron chi connectivity index (χ4n) is 1.24. The van der Waals surface area contributed by atoms with Gasteiger partial charge in [0.25, 0.3) is 0 Å². The molecule has 0 aliphatic carbocycles. The molecule has 0 amide bonds. The summed E-state index contributed by atoms with van der Waals surface area (Å²) in [5.74, 6) is 0.366. The van der Waals surface area contributed by atoms with Gasteiger partial charge in [0.15, 0.2) is 11.6 Å². The molecule has 1 N–H and O–H groups in total. The second kappa shape index (κ2) is 6.13. The highest BCUT2D eigenvalue weighted by molar-refractivity contribution is 9.09. The van der Waals surface area contributed by atoms with Crippen LogP contribution in [0.5, 0.6) is 0 Å². The van der Waals surface area contributed by atoms with Gasteiger partial charge in [0.1, 0.15) is 6.33 Å². The molecule has 16 heavy (non-hydrogen) atoms. The SMILES string of the molecule is CCc1ncnc(NC(C)C(C)CBr)c1F. The van der Waals surface area contributed by atoms with Crippen LogP contribution in [0.2, 0.25) is 0 Å². The third-order valence-corrected chi connectivity index (χ3v) is 3.68. The smallest absolute Gasteiger partial charge is 0.186 e. The highest BCUT2D eigenvalue weighted by atomic mass is 79.9. The van der Waals surface area contributed by atoms with Crippen molar-refractivity contribution in [2.24, 2.45) is 5.92 Å². The van der Waals surface area contributed by atoms with E-state index in [9.17, 15) is 4.39 Å². The summed E-state index contributed by atoms with van der Waals surface area (Å²) in [4.78, 5) is 7.83. The van der Waals surface area contributed by atoms with E-state index in [0.29, 0.717) is 23.9 Å². The Morgan fingerprint density at radius 3 is 2.69 bits per heavy atom. The average molecular weight is 290 g/mol. The third kappa shape index (κ3) is 3.14. The van der Waals surface area contributed by atoms with Crippen LogP contribution in [-0.2, 0) is 6.42 Å². The fraction of sp³-hybridized carbons (Fsp3) is 0.636. The minimum absolute atomic E-state index is 0.161. The highest BCUT2D eigenvalue weighted by Crippen LogP contribution is 2.17. The fourth-order valence-corrected chi connectivity index (χ4v) is 1.81. The van der Waals surface area contributed by atoms with Crippen LogP contribution in [0.1, 0.15) is 26.5 Å². The highest BCUT2D eigenvalue weighted by Gasteiger charge is 2.15. The van der Waals surface area contributed by atoms with Crippen LogP contribution >= 0.6 is 15.9 Å². The maximum absolute atomic E-state index is 13.8. The lowest BCUT2D eigenvalue weighted by Crippen LogP contribution is -2.26. The topological polar surface area (TPSA) is 37.8 Å². The van der Waals surface area contributed by atoms with E-state index in [1.165, 1.54) is 6.33 Å². The number of hydrogen-bond donors (Lipinski definition) is 1. The molecule has 5 heteroatoms. The van der Waals surface area contributed by atoms with Gasteiger partial charge in [-0.15, -0.1) is 0 Å². The lowest BCUT2D eigenvalue weighted by atomic mass is 10.1. The Morgan fingerprint density at radius 2 is 2.12 bits per heavy atom. The lowest BCUT2D eigenvalue weighted by Gasteiger charge is -2.20. The Balaban J connectivity index is 2.81. The molecule has 1 rings (SSSR count). The minimum atomic E-state index is -0.335. The summed E-state index contributed by atoms with van der Waals surface area (Å²) in [7, 11) is 0. The molecule has 0 saturated carbocycles. The van der Waals surface area contributed by atoms with Gasteiger partial charge in [-0.05, 0) is 19.3 Å². The molecule has 0 fully saturated rings. The van der Waals surface area contributed by atoms with Crippen LogP contribution < -0.4 is 5.32 Å². The van der Waals surface area contributed by atoms with Gasteiger partial charge in [-0.3, -0.25) is 0 Å². The van der Waals surface area contributed by atoms with Crippen LogP contribution in [-0.4, -0.2) is 21.3 Å². The van der Waals surface area contributed by atoms with Crippen LogP contribution in [0.4, 0.5) is 10.2 Å². The summed E-state index contributed by atoms with van der Waals surface area (Å²) in [6.45, 7) is 5.98. The molecule has 2 atom stereocenters. The Hall–Kier alpha value is -0.710. The molecule has 1 heterocycles. The molecule has 3 nitrogen and oxygen atoms in total. The normalized spacial score (nSPS) is 14.6. The molecule has 0 saturated heterocycles. The molecule has 1 aromatic heterocycles. The Morgan fingerprint density at radius 1 is 1.44 bits per heavy atom. The first-order chi connectivity index (χ1) is 7.60. The Kier molecular flexibility index (Phi) is 5.12. The van der Waals surface area contributed by atoms with E-state index in [1.807, 2.05) is 13.8 Å². The first-order valence-corrected chi connectivity index (χ1v) is 6.54. The van der Waals surface area contributed by atoms with Crippen LogP contribution in [0.25, 0.3) is 0 Å². The van der Waals surface area contributed by atoms with E-state index >= 15 is 0 Å². The van der Waals surface area contributed by atoms with E-state index in [4.69, 9.17) is 0 Å². The number of nitrogens with one attached hydrogen (secondary N) is 1. The summed E-state index contributed by atoms with van der Waals surface area (Å²) < 4.78 is 13.8. The molecule has 0 aliphatic rings. The predicted molar refractivity (Wildman–Crippen MR) is 67.4 cm³/mol. The maximum atomic E-state index is 13.8. The molecule has 0 radical (unpaired) electrons. The number of hydrogen-bond acceptors (Lipinski definition) is 3. The molecule has 0 spiro atoms. The van der Waals surface area contributed by atoms with E-state index in [1.54, 1.807) is 0 Å². The number of halogens is 2. The zero-order valence-corrected chi connectivity index (χ0v) is 11.4. The van der Waals surface area contributed by atoms with Crippen LogP contribution in [0.15, 0.2) is 6.33 Å². The van der Waals surface area contributed by atoms with Crippen molar-refractivity contribution in [3.63, 3.8) is 0 Å². The van der Waals surface area contributed by atoms with Gasteiger partial charge in [-0.1, -0.05) is 29.8 Å². The number of aryl methyl sites for hydroxylation is 1. The second-order valence-corrected chi connectivity index (χ2v) is 4.55. The van der Waals surface area contributed by atoms with Crippen molar-refractivity contribution in [3.8, 4) is 0 Å². The summed E-state index contributed by atoms with van der Waals surface area (Å²) in [6.07, 6.45) is 1.97. The third-order valence-electron chi connectivity index (χ3n) is 2.66. The van der Waals surface area contributed by atoms with E-state index in [-0.39, 0.29) is 11.9 Å². The predicted octanol–water partition coefficient (Wildman–Crippen LogP) is 3.01. The molecule has 1 aromatic rings. The molecule has 0 aliphatic heterocycles. The van der Waals surface area contributed by atoms with Crippen molar-refractivity contribution in [2.75, 3.05) is 10.6 Å². The van der Waals surface area contributed by atoms with Gasteiger partial charge >= 0.3 is 0 Å². The molecule has 0 aromatic carbocycles. The van der Waals surface area contributed by atoms with E-state index < -0.39 is 0 Å². The molecule has 90 valence electrons. The Bertz CT molecular complexity index is 346. The first-order valence-electron chi connectivity index (χ1n) is 5.42. The monoisotopic (exact) mass is 289 g/mol. The summed E-state index contributed by atoms with van der Waals surface area (Å²) in [6, 6.07) is 0.161. The zero-order valence-electron chi connectivity index (χ0n) is 9.80. The summed E-state index contributed by atoms with van der Waals surface area (Å²) in [5.41, 5.74) is 0.455. The van der Waals surface area contributed by atoms with Crippen molar-refractivity contribution < 1.29 is 4.39 Å². The summed E-state index contributed by atoms with van der Waals surface area (Å²) >= 11 is 3.41. The van der Waals surface area contributed by atoms with Crippen LogP contribution in [0.3, 0.4) is 0 Å². The number of anilines is 1. The molecule has 0 bridgehead atoms. The molecular formula is C11H17BrFN3. The van der Waals surface area contributed by atoms with E-state index in [0.717, 1.165) is 5.33 Å². The van der Waals surface area contributed by atoms with Gasteiger partial charge in [0.2, 0.25) is 0 Å². The largest absolute Gasteiger partial charge is 0.365 e. The minimum Gasteiger partial charge on any atom is -0.365 e. The lowest BCUT2D eigenvalue weighted by molar-refractivity contribution is 0.552. The van der Waals surface area contributed by atoms with Crippen molar-refractivity contribution in [1.82, 2.24) is 9.97 Å². The van der Waals surface area contributed by atoms with Crippen LogP contribution in [0, 0.1) is 11.7 Å². The number of alkyl halides is 1. The van der Waals surface area contributed by atoms with Crippen molar-refractivity contribution in [3.05, 3.63) is 17.8 Å². The number of nitrogens with zero attached hydrogens (tertiary/aromatic N) is 2. The van der Waals surface area contributed by atoms with Gasteiger partial charge in [-0.2, -0.15) is 0 Å². The first kappa shape index (κ1) is 13.4. The van der Waals surface area contributed by atoms with Crippen molar-refractivity contribution >= 4 is 21.7 Å². The molecular weight excluding hydrogens is 273 g/mol. The van der Waals surface area contributed by atoms with Gasteiger partial charge in [0.05, 0.1) is 5.69 Å². The Labute approximate surface area is 104 Å². The van der Waals surface area contributed by atoms with Crippen molar-refractivity contribution in [1.29, 1.82) is 0 Å². The number of aromatic nitrogens is 2. The van der Waals surface area contributed by atoms with Gasteiger partial charge in [-0.25, -0.2) is 14.4 Å². The molecule has 2 unspecified atom stereocenters. The second-order valence-electron chi connectivity index (χ2n) is 3.90. The van der Waals surface area contributed by atoms with E-state index in [2.05, 4.69) is 38.1 Å². The average Bonchev–Trinajstić information content (AvgIpc) is 2.30. The summed E-state index contributed by atoms with van der Waals surface area (Å²) in [5, 5.41) is 3.95. The number of rotatable bonds is 5. The van der Waals surface area contributed by atoms with Crippen molar-refractivity contribution in [2.45, 2.75) is 33.2 Å². The zero-order chi connectivity index (χ0) is 12.1. The quantitative estimate of drug-likeness (QED) is 0.847.